The Morgan fingerprint density at radius 2 is 2.11 bits per heavy atom. The SMILES string of the molecule is Cc1ccc(C)c(OCc2c(CN)nnn2C)c1. The van der Waals surface area contributed by atoms with E-state index >= 15 is 0 Å². The van der Waals surface area contributed by atoms with Crippen molar-refractivity contribution in [2.75, 3.05) is 0 Å². The molecule has 0 atom stereocenters. The van der Waals surface area contributed by atoms with Crippen LogP contribution in [0.25, 0.3) is 0 Å². The monoisotopic (exact) mass is 246 g/mol. The zero-order valence-electron chi connectivity index (χ0n) is 11.0. The molecule has 1 heterocycles. The maximum Gasteiger partial charge on any atom is 0.132 e. The van der Waals surface area contributed by atoms with Crippen LogP contribution in [0.3, 0.4) is 0 Å². The lowest BCUT2D eigenvalue weighted by molar-refractivity contribution is 0.291. The highest BCUT2D eigenvalue weighted by Crippen LogP contribution is 2.20. The minimum atomic E-state index is 0.374. The molecule has 0 radical (unpaired) electrons. The molecular weight excluding hydrogens is 228 g/mol. The third kappa shape index (κ3) is 2.51. The minimum absolute atomic E-state index is 0.374. The van der Waals surface area contributed by atoms with Crippen molar-refractivity contribution in [3.8, 4) is 5.75 Å². The molecule has 0 aliphatic rings. The molecule has 1 aromatic carbocycles. The largest absolute Gasteiger partial charge is 0.487 e. The van der Waals surface area contributed by atoms with E-state index in [4.69, 9.17) is 10.5 Å². The van der Waals surface area contributed by atoms with Crippen LogP contribution in [0.4, 0.5) is 0 Å². The fourth-order valence-electron chi connectivity index (χ4n) is 1.76. The molecule has 2 N–H and O–H groups in total. The summed E-state index contributed by atoms with van der Waals surface area (Å²) in [5.41, 5.74) is 9.61. The van der Waals surface area contributed by atoms with E-state index in [-0.39, 0.29) is 0 Å². The van der Waals surface area contributed by atoms with E-state index in [2.05, 4.69) is 22.4 Å². The predicted molar refractivity (Wildman–Crippen MR) is 69.1 cm³/mol. The van der Waals surface area contributed by atoms with E-state index < -0.39 is 0 Å². The molecule has 0 fully saturated rings. The first-order chi connectivity index (χ1) is 8.61. The van der Waals surface area contributed by atoms with Gasteiger partial charge in [0.25, 0.3) is 0 Å². The Hall–Kier alpha value is -1.88. The Labute approximate surface area is 107 Å². The molecule has 5 heteroatoms. The molecule has 5 nitrogen and oxygen atoms in total. The first kappa shape index (κ1) is 12.6. The molecule has 1 aromatic heterocycles. The summed E-state index contributed by atoms with van der Waals surface area (Å²) in [5, 5.41) is 7.94. The first-order valence-corrected chi connectivity index (χ1v) is 5.89. The van der Waals surface area contributed by atoms with Gasteiger partial charge in [-0.25, -0.2) is 4.68 Å². The Bertz CT molecular complexity index is 548. The molecule has 0 saturated carbocycles. The van der Waals surface area contributed by atoms with E-state index in [9.17, 15) is 0 Å². The number of hydrogen-bond acceptors (Lipinski definition) is 4. The molecule has 0 saturated heterocycles. The zero-order valence-corrected chi connectivity index (χ0v) is 11.0. The number of rotatable bonds is 4. The highest BCUT2D eigenvalue weighted by atomic mass is 16.5. The Kier molecular flexibility index (Phi) is 3.62. The van der Waals surface area contributed by atoms with Crippen molar-refractivity contribution in [1.29, 1.82) is 0 Å². The number of aromatic nitrogens is 3. The average molecular weight is 246 g/mol. The molecule has 0 unspecified atom stereocenters. The molecule has 18 heavy (non-hydrogen) atoms. The molecular formula is C13H18N4O. The van der Waals surface area contributed by atoms with Crippen LogP contribution in [0, 0.1) is 13.8 Å². The fourth-order valence-corrected chi connectivity index (χ4v) is 1.76. The molecule has 2 aromatic rings. The van der Waals surface area contributed by atoms with E-state index in [0.717, 1.165) is 22.7 Å². The number of nitrogens with two attached hydrogens (primary N) is 1. The van der Waals surface area contributed by atoms with Crippen molar-refractivity contribution < 1.29 is 4.74 Å². The van der Waals surface area contributed by atoms with Gasteiger partial charge in [-0.2, -0.15) is 0 Å². The summed E-state index contributed by atoms with van der Waals surface area (Å²) < 4.78 is 7.53. The van der Waals surface area contributed by atoms with Gasteiger partial charge in [-0.3, -0.25) is 0 Å². The zero-order chi connectivity index (χ0) is 13.1. The number of aryl methyl sites for hydroxylation is 3. The lowest BCUT2D eigenvalue weighted by atomic mass is 10.1. The normalized spacial score (nSPS) is 10.7. The lowest BCUT2D eigenvalue weighted by Gasteiger charge is -2.10. The van der Waals surface area contributed by atoms with E-state index in [1.165, 1.54) is 5.56 Å². The van der Waals surface area contributed by atoms with Crippen LogP contribution >= 0.6 is 0 Å². The van der Waals surface area contributed by atoms with Crippen molar-refractivity contribution >= 4 is 0 Å². The summed E-state index contributed by atoms with van der Waals surface area (Å²) in [7, 11) is 1.84. The van der Waals surface area contributed by atoms with Gasteiger partial charge in [0.05, 0.1) is 0 Å². The van der Waals surface area contributed by atoms with Gasteiger partial charge in [-0.1, -0.05) is 17.3 Å². The first-order valence-electron chi connectivity index (χ1n) is 5.89. The predicted octanol–water partition coefficient (Wildman–Crippen LogP) is 1.47. The van der Waals surface area contributed by atoms with Crippen LogP contribution in [0.2, 0.25) is 0 Å². The van der Waals surface area contributed by atoms with Crippen molar-refractivity contribution in [2.24, 2.45) is 12.8 Å². The van der Waals surface area contributed by atoms with Crippen molar-refractivity contribution in [3.63, 3.8) is 0 Å². The summed E-state index contributed by atoms with van der Waals surface area (Å²) in [6, 6.07) is 6.15. The third-order valence-electron chi connectivity index (χ3n) is 2.92. The van der Waals surface area contributed by atoms with Gasteiger partial charge in [-0.05, 0) is 31.0 Å². The van der Waals surface area contributed by atoms with Crippen molar-refractivity contribution in [1.82, 2.24) is 15.0 Å². The van der Waals surface area contributed by atoms with Crippen molar-refractivity contribution in [3.05, 3.63) is 40.7 Å². The molecule has 0 aliphatic heterocycles. The number of benzene rings is 1. The maximum atomic E-state index is 5.83. The third-order valence-corrected chi connectivity index (χ3v) is 2.92. The second kappa shape index (κ2) is 5.18. The Morgan fingerprint density at radius 1 is 1.33 bits per heavy atom. The fraction of sp³-hybridized carbons (Fsp3) is 0.385. The summed E-state index contributed by atoms with van der Waals surface area (Å²) in [6.45, 7) is 4.88. The summed E-state index contributed by atoms with van der Waals surface area (Å²) in [4.78, 5) is 0. The molecule has 2 rings (SSSR count). The highest BCUT2D eigenvalue weighted by Gasteiger charge is 2.10. The van der Waals surface area contributed by atoms with Gasteiger partial charge < -0.3 is 10.5 Å². The van der Waals surface area contributed by atoms with Crippen molar-refractivity contribution in [2.45, 2.75) is 27.0 Å². The number of nitrogens with zero attached hydrogens (tertiary/aromatic N) is 3. The van der Waals surface area contributed by atoms with Crippen LogP contribution in [-0.2, 0) is 20.2 Å². The standard InChI is InChI=1S/C13H18N4O/c1-9-4-5-10(2)13(6-9)18-8-12-11(7-14)15-16-17(12)3/h4-6H,7-8,14H2,1-3H3. The van der Waals surface area contributed by atoms with Gasteiger partial charge in [-0.15, -0.1) is 5.10 Å². The number of hydrogen-bond donors (Lipinski definition) is 1. The van der Waals surface area contributed by atoms with Gasteiger partial charge in [0.1, 0.15) is 23.7 Å². The molecule has 0 aliphatic carbocycles. The highest BCUT2D eigenvalue weighted by molar-refractivity contribution is 5.36. The van der Waals surface area contributed by atoms with E-state index in [1.807, 2.05) is 27.0 Å². The maximum absolute atomic E-state index is 5.83. The van der Waals surface area contributed by atoms with Gasteiger partial charge >= 0.3 is 0 Å². The van der Waals surface area contributed by atoms with Crippen LogP contribution in [0.1, 0.15) is 22.5 Å². The minimum Gasteiger partial charge on any atom is -0.487 e. The second-order valence-corrected chi connectivity index (χ2v) is 4.37. The van der Waals surface area contributed by atoms with E-state index in [0.29, 0.717) is 13.2 Å². The van der Waals surface area contributed by atoms with Crippen LogP contribution in [0.15, 0.2) is 18.2 Å². The molecule has 0 bridgehead atoms. The van der Waals surface area contributed by atoms with Crippen LogP contribution in [0.5, 0.6) is 5.75 Å². The summed E-state index contributed by atoms with van der Waals surface area (Å²) in [5.74, 6) is 0.888. The Balaban J connectivity index is 2.16. The molecule has 0 spiro atoms. The second-order valence-electron chi connectivity index (χ2n) is 4.37. The molecule has 0 amide bonds. The van der Waals surface area contributed by atoms with Gasteiger partial charge in [0.2, 0.25) is 0 Å². The lowest BCUT2D eigenvalue weighted by Crippen LogP contribution is -2.08. The quantitative estimate of drug-likeness (QED) is 0.887. The summed E-state index contributed by atoms with van der Waals surface area (Å²) >= 11 is 0. The van der Waals surface area contributed by atoms with Crippen LogP contribution < -0.4 is 10.5 Å². The molecule has 96 valence electrons. The topological polar surface area (TPSA) is 66.0 Å². The smallest absolute Gasteiger partial charge is 0.132 e. The van der Waals surface area contributed by atoms with Crippen LogP contribution in [-0.4, -0.2) is 15.0 Å². The van der Waals surface area contributed by atoms with Gasteiger partial charge in [0, 0.05) is 13.6 Å². The number of ether oxygens (including phenoxy) is 1. The van der Waals surface area contributed by atoms with Gasteiger partial charge in [0.15, 0.2) is 0 Å². The Morgan fingerprint density at radius 3 is 2.83 bits per heavy atom. The van der Waals surface area contributed by atoms with E-state index in [1.54, 1.807) is 4.68 Å². The average Bonchev–Trinajstić information content (AvgIpc) is 2.71. The summed E-state index contributed by atoms with van der Waals surface area (Å²) in [6.07, 6.45) is 0.